The molecule has 0 saturated heterocycles. The highest BCUT2D eigenvalue weighted by atomic mass is 32.2. The maximum Gasteiger partial charge on any atom is 0.271 e. The van der Waals surface area contributed by atoms with Crippen LogP contribution in [0.3, 0.4) is 0 Å². The van der Waals surface area contributed by atoms with Gasteiger partial charge in [0.15, 0.2) is 5.16 Å². The van der Waals surface area contributed by atoms with Gasteiger partial charge < -0.3 is 4.74 Å². The minimum absolute atomic E-state index is 0.258. The van der Waals surface area contributed by atoms with E-state index in [0.717, 1.165) is 39.2 Å². The van der Waals surface area contributed by atoms with Crippen LogP contribution in [0.1, 0.15) is 32.9 Å². The molecule has 0 unspecified atom stereocenters. The standard InChI is InChI=1S/C22H22N4O2S/c1-15-12-16(2)25-22(24-15)29-14-18-4-8-19(9-5-18)21(27)26-23-13-17-6-10-20(28-3)11-7-17/h4-13H,14H2,1-3H3,(H,26,27)/b23-13+. The Morgan fingerprint density at radius 2 is 1.72 bits per heavy atom. The number of ether oxygens (including phenoxy) is 1. The molecule has 0 atom stereocenters. The largest absolute Gasteiger partial charge is 0.497 e. The van der Waals surface area contributed by atoms with Gasteiger partial charge in [-0.05, 0) is 67.4 Å². The maximum atomic E-state index is 12.2. The third-order valence-corrected chi connectivity index (χ3v) is 4.96. The number of benzene rings is 2. The van der Waals surface area contributed by atoms with Gasteiger partial charge in [-0.1, -0.05) is 23.9 Å². The summed E-state index contributed by atoms with van der Waals surface area (Å²) in [6.07, 6.45) is 1.59. The van der Waals surface area contributed by atoms with Crippen molar-refractivity contribution in [2.75, 3.05) is 7.11 Å². The summed E-state index contributed by atoms with van der Waals surface area (Å²) in [6.45, 7) is 3.92. The van der Waals surface area contributed by atoms with Gasteiger partial charge >= 0.3 is 0 Å². The highest BCUT2D eigenvalue weighted by Gasteiger charge is 2.06. The molecule has 3 aromatic rings. The summed E-state index contributed by atoms with van der Waals surface area (Å²) in [4.78, 5) is 21.1. The summed E-state index contributed by atoms with van der Waals surface area (Å²) in [5.74, 6) is 1.25. The first-order valence-electron chi connectivity index (χ1n) is 9.05. The predicted molar refractivity (Wildman–Crippen MR) is 116 cm³/mol. The van der Waals surface area contributed by atoms with Crippen molar-refractivity contribution < 1.29 is 9.53 Å². The van der Waals surface area contributed by atoms with Crippen molar-refractivity contribution >= 4 is 23.9 Å². The van der Waals surface area contributed by atoms with E-state index in [2.05, 4.69) is 20.5 Å². The van der Waals surface area contributed by atoms with Crippen molar-refractivity contribution in [3.63, 3.8) is 0 Å². The lowest BCUT2D eigenvalue weighted by Crippen LogP contribution is -2.17. The third kappa shape index (κ3) is 6.15. The van der Waals surface area contributed by atoms with Gasteiger partial charge in [-0.25, -0.2) is 15.4 Å². The summed E-state index contributed by atoms with van der Waals surface area (Å²) in [7, 11) is 1.62. The first-order chi connectivity index (χ1) is 14.0. The molecule has 0 saturated carbocycles. The average Bonchev–Trinajstić information content (AvgIpc) is 2.72. The van der Waals surface area contributed by atoms with Crippen LogP contribution in [0.25, 0.3) is 0 Å². The molecule has 1 N–H and O–H groups in total. The lowest BCUT2D eigenvalue weighted by molar-refractivity contribution is 0.0955. The first kappa shape index (κ1) is 20.5. The minimum atomic E-state index is -0.258. The molecule has 0 fully saturated rings. The van der Waals surface area contributed by atoms with Gasteiger partial charge in [0.2, 0.25) is 0 Å². The van der Waals surface area contributed by atoms with Gasteiger partial charge in [0, 0.05) is 22.7 Å². The van der Waals surface area contributed by atoms with Crippen molar-refractivity contribution in [2.45, 2.75) is 24.8 Å². The zero-order valence-corrected chi connectivity index (χ0v) is 17.4. The molecule has 0 spiro atoms. The van der Waals surface area contributed by atoms with Crippen LogP contribution in [0, 0.1) is 13.8 Å². The quantitative estimate of drug-likeness (QED) is 0.276. The van der Waals surface area contributed by atoms with Crippen LogP contribution >= 0.6 is 11.8 Å². The summed E-state index contributed by atoms with van der Waals surface area (Å²) in [6, 6.07) is 16.8. The van der Waals surface area contributed by atoms with E-state index in [1.165, 1.54) is 0 Å². The van der Waals surface area contributed by atoms with Crippen molar-refractivity contribution in [1.29, 1.82) is 0 Å². The van der Waals surface area contributed by atoms with Crippen LogP contribution in [0.2, 0.25) is 0 Å². The van der Waals surface area contributed by atoms with Gasteiger partial charge in [0.1, 0.15) is 5.75 Å². The molecule has 1 aromatic heterocycles. The van der Waals surface area contributed by atoms with Crippen LogP contribution in [0.5, 0.6) is 5.75 Å². The van der Waals surface area contributed by atoms with Crippen molar-refractivity contribution in [3.8, 4) is 5.75 Å². The molecular formula is C22H22N4O2S. The molecule has 148 valence electrons. The van der Waals surface area contributed by atoms with E-state index in [1.807, 2.05) is 56.3 Å². The topological polar surface area (TPSA) is 76.5 Å². The van der Waals surface area contributed by atoms with Crippen LogP contribution in [-0.2, 0) is 5.75 Å². The fourth-order valence-electron chi connectivity index (χ4n) is 2.58. The third-order valence-electron chi connectivity index (χ3n) is 4.04. The van der Waals surface area contributed by atoms with Crippen LogP contribution < -0.4 is 10.2 Å². The first-order valence-corrected chi connectivity index (χ1v) is 10.0. The van der Waals surface area contributed by atoms with Gasteiger partial charge in [-0.2, -0.15) is 5.10 Å². The zero-order chi connectivity index (χ0) is 20.6. The Labute approximate surface area is 174 Å². The van der Waals surface area contributed by atoms with Gasteiger partial charge in [0.25, 0.3) is 5.91 Å². The number of thioether (sulfide) groups is 1. The van der Waals surface area contributed by atoms with E-state index in [4.69, 9.17) is 4.74 Å². The van der Waals surface area contributed by atoms with E-state index < -0.39 is 0 Å². The molecule has 29 heavy (non-hydrogen) atoms. The Bertz CT molecular complexity index is 982. The molecule has 6 nitrogen and oxygen atoms in total. The second kappa shape index (κ2) is 9.84. The number of aromatic nitrogens is 2. The molecule has 0 aliphatic rings. The Hall–Kier alpha value is -3.19. The summed E-state index contributed by atoms with van der Waals surface area (Å²) < 4.78 is 5.11. The highest BCUT2D eigenvalue weighted by molar-refractivity contribution is 7.98. The number of hydrazone groups is 1. The molecular weight excluding hydrogens is 384 g/mol. The van der Waals surface area contributed by atoms with Crippen LogP contribution in [0.15, 0.2) is 64.9 Å². The van der Waals surface area contributed by atoms with Crippen LogP contribution in [0.4, 0.5) is 0 Å². The van der Waals surface area contributed by atoms with Gasteiger partial charge in [-0.3, -0.25) is 4.79 Å². The lowest BCUT2D eigenvalue weighted by Gasteiger charge is -2.05. The highest BCUT2D eigenvalue weighted by Crippen LogP contribution is 2.20. The fraction of sp³-hybridized carbons (Fsp3) is 0.182. The number of rotatable bonds is 7. The SMILES string of the molecule is COc1ccc(/C=N/NC(=O)c2ccc(CSc3nc(C)cc(C)n3)cc2)cc1. The number of hydrogen-bond acceptors (Lipinski definition) is 6. The Morgan fingerprint density at radius 1 is 1.07 bits per heavy atom. The Balaban J connectivity index is 1.53. The van der Waals surface area contributed by atoms with Crippen molar-refractivity contribution in [1.82, 2.24) is 15.4 Å². The number of nitrogens with one attached hydrogen (secondary N) is 1. The number of carbonyl (C=O) groups excluding carboxylic acids is 1. The molecule has 0 radical (unpaired) electrons. The van der Waals surface area contributed by atoms with E-state index >= 15 is 0 Å². The number of methoxy groups -OCH3 is 1. The molecule has 3 rings (SSSR count). The van der Waals surface area contributed by atoms with Crippen molar-refractivity contribution in [2.24, 2.45) is 5.10 Å². The maximum absolute atomic E-state index is 12.2. The summed E-state index contributed by atoms with van der Waals surface area (Å²) >= 11 is 1.57. The number of aryl methyl sites for hydroxylation is 2. The average molecular weight is 407 g/mol. The molecule has 7 heteroatoms. The van der Waals surface area contributed by atoms with E-state index in [1.54, 1.807) is 37.2 Å². The van der Waals surface area contributed by atoms with Gasteiger partial charge in [0.05, 0.1) is 13.3 Å². The van der Waals surface area contributed by atoms with E-state index in [-0.39, 0.29) is 5.91 Å². The Morgan fingerprint density at radius 3 is 2.34 bits per heavy atom. The van der Waals surface area contributed by atoms with Gasteiger partial charge in [-0.15, -0.1) is 0 Å². The van der Waals surface area contributed by atoms with Crippen molar-refractivity contribution in [3.05, 3.63) is 82.7 Å². The molecule has 1 heterocycles. The number of nitrogens with zero attached hydrogens (tertiary/aromatic N) is 3. The second-order valence-electron chi connectivity index (χ2n) is 6.39. The Kier molecular flexibility index (Phi) is 6.97. The molecule has 0 aliphatic heterocycles. The second-order valence-corrected chi connectivity index (χ2v) is 7.33. The molecule has 1 amide bonds. The van der Waals surface area contributed by atoms with E-state index in [9.17, 15) is 4.79 Å². The predicted octanol–water partition coefficient (Wildman–Crippen LogP) is 4.16. The number of amides is 1. The summed E-state index contributed by atoms with van der Waals surface area (Å²) in [5, 5.41) is 4.76. The smallest absolute Gasteiger partial charge is 0.271 e. The zero-order valence-electron chi connectivity index (χ0n) is 16.5. The molecule has 0 bridgehead atoms. The van der Waals surface area contributed by atoms with Crippen LogP contribution in [-0.4, -0.2) is 29.2 Å². The minimum Gasteiger partial charge on any atom is -0.497 e. The van der Waals surface area contributed by atoms with E-state index in [0.29, 0.717) is 5.56 Å². The molecule has 0 aliphatic carbocycles. The monoisotopic (exact) mass is 406 g/mol. The fourth-order valence-corrected chi connectivity index (χ4v) is 3.48. The normalized spacial score (nSPS) is 10.9. The lowest BCUT2D eigenvalue weighted by atomic mass is 10.1. The number of hydrogen-bond donors (Lipinski definition) is 1. The number of carbonyl (C=O) groups is 1. The molecule has 2 aromatic carbocycles. The summed E-state index contributed by atoms with van der Waals surface area (Å²) in [5.41, 5.74) is 6.97.